The maximum atomic E-state index is 11.2. The number of unbranched alkanes of at least 4 members (excludes halogenated alkanes) is 1. The Hall–Kier alpha value is -0.570. The molecule has 0 aromatic carbocycles. The zero-order chi connectivity index (χ0) is 12.6. The van der Waals surface area contributed by atoms with E-state index < -0.39 is 5.97 Å². The average Bonchev–Trinajstić information content (AvgIpc) is 2.17. The van der Waals surface area contributed by atoms with Crippen molar-refractivity contribution in [2.24, 2.45) is 11.8 Å². The predicted molar refractivity (Wildman–Crippen MR) is 65.5 cm³/mol. The molecule has 0 fully saturated rings. The summed E-state index contributed by atoms with van der Waals surface area (Å²) in [6.45, 7) is 8.75. The van der Waals surface area contributed by atoms with Crippen LogP contribution in [0.4, 0.5) is 0 Å². The highest BCUT2D eigenvalue weighted by atomic mass is 16.5. The molecule has 2 unspecified atom stereocenters. The van der Waals surface area contributed by atoms with Gasteiger partial charge in [-0.2, -0.15) is 0 Å². The van der Waals surface area contributed by atoms with Crippen molar-refractivity contribution in [2.45, 2.75) is 59.5 Å². The van der Waals surface area contributed by atoms with Crippen LogP contribution in [-0.2, 0) is 9.53 Å². The molecule has 0 aliphatic heterocycles. The van der Waals surface area contributed by atoms with Crippen molar-refractivity contribution >= 4 is 5.97 Å². The Bertz CT molecular complexity index is 190. The fourth-order valence-electron chi connectivity index (χ4n) is 1.90. The van der Waals surface area contributed by atoms with Crippen LogP contribution >= 0.6 is 0 Å². The largest absolute Gasteiger partial charge is 0.481 e. The molecule has 0 bridgehead atoms. The van der Waals surface area contributed by atoms with Crippen LogP contribution in [0.25, 0.3) is 0 Å². The summed E-state index contributed by atoms with van der Waals surface area (Å²) in [5.74, 6) is -0.988. The molecule has 0 aromatic rings. The summed E-state index contributed by atoms with van der Waals surface area (Å²) in [6.07, 6.45) is 3.75. The number of aliphatic carboxylic acids is 1. The summed E-state index contributed by atoms with van der Waals surface area (Å²) in [6, 6.07) is 0. The lowest BCUT2D eigenvalue weighted by molar-refractivity contribution is -0.150. The Morgan fingerprint density at radius 1 is 1.25 bits per heavy atom. The highest BCUT2D eigenvalue weighted by molar-refractivity contribution is 5.71. The van der Waals surface area contributed by atoms with Gasteiger partial charge in [0.1, 0.15) is 0 Å². The van der Waals surface area contributed by atoms with Crippen molar-refractivity contribution in [3.8, 4) is 0 Å². The molecule has 3 heteroatoms. The third kappa shape index (κ3) is 5.50. The van der Waals surface area contributed by atoms with Crippen molar-refractivity contribution in [2.75, 3.05) is 6.61 Å². The standard InChI is InChI=1S/C13H26O3/c1-5-7-9-16-11(8-6-2)12(10(3)4)13(14)15/h10-12H,5-9H2,1-4H3,(H,14,15). The van der Waals surface area contributed by atoms with Gasteiger partial charge in [-0.1, -0.05) is 40.5 Å². The molecule has 16 heavy (non-hydrogen) atoms. The van der Waals surface area contributed by atoms with Gasteiger partial charge < -0.3 is 9.84 Å². The van der Waals surface area contributed by atoms with Crippen LogP contribution in [0.15, 0.2) is 0 Å². The number of hydrogen-bond acceptors (Lipinski definition) is 2. The molecule has 0 saturated carbocycles. The highest BCUT2D eigenvalue weighted by Gasteiger charge is 2.30. The first-order valence-corrected chi connectivity index (χ1v) is 6.38. The van der Waals surface area contributed by atoms with Gasteiger partial charge >= 0.3 is 5.97 Å². The van der Waals surface area contributed by atoms with Gasteiger partial charge in [0.25, 0.3) is 0 Å². The second-order valence-electron chi connectivity index (χ2n) is 4.66. The van der Waals surface area contributed by atoms with Crippen LogP contribution in [0.2, 0.25) is 0 Å². The minimum Gasteiger partial charge on any atom is -0.481 e. The Balaban J connectivity index is 4.38. The summed E-state index contributed by atoms with van der Waals surface area (Å²) >= 11 is 0. The molecule has 0 aliphatic carbocycles. The normalized spacial score (nSPS) is 15.1. The number of carbonyl (C=O) groups is 1. The van der Waals surface area contributed by atoms with Crippen molar-refractivity contribution < 1.29 is 14.6 Å². The third-order valence-electron chi connectivity index (χ3n) is 2.81. The van der Waals surface area contributed by atoms with Crippen LogP contribution < -0.4 is 0 Å². The minimum absolute atomic E-state index is 0.121. The Morgan fingerprint density at radius 2 is 1.88 bits per heavy atom. The van der Waals surface area contributed by atoms with Crippen LogP contribution in [0, 0.1) is 11.8 Å². The molecule has 3 nitrogen and oxygen atoms in total. The monoisotopic (exact) mass is 230 g/mol. The van der Waals surface area contributed by atoms with E-state index in [2.05, 4.69) is 13.8 Å². The van der Waals surface area contributed by atoms with E-state index in [-0.39, 0.29) is 17.9 Å². The van der Waals surface area contributed by atoms with E-state index in [0.717, 1.165) is 25.7 Å². The fraction of sp³-hybridized carbons (Fsp3) is 0.923. The summed E-state index contributed by atoms with van der Waals surface area (Å²) < 4.78 is 5.73. The number of carboxylic acid groups (broad SMARTS) is 1. The van der Waals surface area contributed by atoms with Crippen molar-refractivity contribution in [3.63, 3.8) is 0 Å². The van der Waals surface area contributed by atoms with Gasteiger partial charge in [0.05, 0.1) is 12.0 Å². The summed E-state index contributed by atoms with van der Waals surface area (Å²) in [4.78, 5) is 11.2. The van der Waals surface area contributed by atoms with E-state index in [1.165, 1.54) is 0 Å². The van der Waals surface area contributed by atoms with Gasteiger partial charge in [0, 0.05) is 6.61 Å². The topological polar surface area (TPSA) is 46.5 Å². The average molecular weight is 230 g/mol. The number of rotatable bonds is 9. The molecule has 0 radical (unpaired) electrons. The van der Waals surface area contributed by atoms with E-state index in [0.29, 0.717) is 6.61 Å². The van der Waals surface area contributed by atoms with Crippen LogP contribution in [-0.4, -0.2) is 23.8 Å². The molecule has 0 spiro atoms. The van der Waals surface area contributed by atoms with Crippen molar-refractivity contribution in [1.29, 1.82) is 0 Å². The summed E-state index contributed by atoms with van der Waals surface area (Å²) in [7, 11) is 0. The zero-order valence-corrected chi connectivity index (χ0v) is 11.0. The predicted octanol–water partition coefficient (Wildman–Crippen LogP) is 3.33. The fourth-order valence-corrected chi connectivity index (χ4v) is 1.90. The first-order chi connectivity index (χ1) is 7.54. The smallest absolute Gasteiger partial charge is 0.309 e. The first kappa shape index (κ1) is 15.4. The molecule has 0 saturated heterocycles. The SMILES string of the molecule is CCCCOC(CCC)C(C(=O)O)C(C)C. The maximum absolute atomic E-state index is 11.2. The second-order valence-corrected chi connectivity index (χ2v) is 4.66. The Kier molecular flexibility index (Phi) is 8.26. The number of ether oxygens (including phenoxy) is 1. The van der Waals surface area contributed by atoms with Gasteiger partial charge in [-0.15, -0.1) is 0 Å². The lowest BCUT2D eigenvalue weighted by atomic mass is 9.88. The molecule has 0 heterocycles. The quantitative estimate of drug-likeness (QED) is 0.618. The Morgan fingerprint density at radius 3 is 2.25 bits per heavy atom. The third-order valence-corrected chi connectivity index (χ3v) is 2.81. The van der Waals surface area contributed by atoms with Crippen molar-refractivity contribution in [3.05, 3.63) is 0 Å². The molecular weight excluding hydrogens is 204 g/mol. The number of carboxylic acids is 1. The second kappa shape index (κ2) is 8.57. The summed E-state index contributed by atoms with van der Waals surface area (Å²) in [5, 5.41) is 9.22. The summed E-state index contributed by atoms with van der Waals surface area (Å²) in [5.41, 5.74) is 0. The van der Waals surface area contributed by atoms with E-state index in [9.17, 15) is 9.90 Å². The molecule has 0 rings (SSSR count). The van der Waals surface area contributed by atoms with Gasteiger partial charge in [0.15, 0.2) is 0 Å². The van der Waals surface area contributed by atoms with E-state index >= 15 is 0 Å². The van der Waals surface area contributed by atoms with E-state index in [4.69, 9.17) is 4.74 Å². The van der Waals surface area contributed by atoms with Crippen molar-refractivity contribution in [1.82, 2.24) is 0 Å². The van der Waals surface area contributed by atoms with Crippen LogP contribution in [0.5, 0.6) is 0 Å². The van der Waals surface area contributed by atoms with Crippen LogP contribution in [0.3, 0.4) is 0 Å². The lowest BCUT2D eigenvalue weighted by Crippen LogP contribution is -2.34. The molecule has 0 aromatic heterocycles. The number of hydrogen-bond donors (Lipinski definition) is 1. The molecular formula is C13H26O3. The molecule has 0 aliphatic rings. The van der Waals surface area contributed by atoms with Gasteiger partial charge in [-0.05, 0) is 18.8 Å². The lowest BCUT2D eigenvalue weighted by Gasteiger charge is -2.26. The van der Waals surface area contributed by atoms with Crippen LogP contribution in [0.1, 0.15) is 53.4 Å². The Labute approximate surface area is 99.2 Å². The highest BCUT2D eigenvalue weighted by Crippen LogP contribution is 2.22. The molecule has 1 N–H and O–H groups in total. The molecule has 2 atom stereocenters. The van der Waals surface area contributed by atoms with E-state index in [1.54, 1.807) is 0 Å². The zero-order valence-electron chi connectivity index (χ0n) is 11.0. The first-order valence-electron chi connectivity index (χ1n) is 6.38. The van der Waals surface area contributed by atoms with Gasteiger partial charge in [0.2, 0.25) is 0 Å². The van der Waals surface area contributed by atoms with E-state index in [1.807, 2.05) is 13.8 Å². The maximum Gasteiger partial charge on any atom is 0.309 e. The minimum atomic E-state index is -0.732. The van der Waals surface area contributed by atoms with Gasteiger partial charge in [-0.25, -0.2) is 0 Å². The molecule has 96 valence electrons. The molecule has 0 amide bonds. The van der Waals surface area contributed by atoms with Gasteiger partial charge in [-0.3, -0.25) is 4.79 Å².